The second-order valence-electron chi connectivity index (χ2n) is 4.74. The standard InChI is InChI=1S/C14H19NO4/c1-9(2)15(7-6-13(17)18)14(19)12-5-4-11(16)8-10(12)3/h4-5,8-9,16H,6-7H2,1-3H3,(H,17,18). The van der Waals surface area contributed by atoms with E-state index in [0.29, 0.717) is 11.1 Å². The van der Waals surface area contributed by atoms with Crippen molar-refractivity contribution in [3.8, 4) is 5.75 Å². The lowest BCUT2D eigenvalue weighted by Gasteiger charge is -2.27. The average Bonchev–Trinajstić information content (AvgIpc) is 2.27. The fraction of sp³-hybridized carbons (Fsp3) is 0.429. The number of benzene rings is 1. The number of aliphatic carboxylic acids is 1. The molecule has 5 nitrogen and oxygen atoms in total. The maximum atomic E-state index is 12.4. The molecule has 19 heavy (non-hydrogen) atoms. The molecule has 5 heteroatoms. The van der Waals surface area contributed by atoms with Crippen LogP contribution in [-0.2, 0) is 4.79 Å². The van der Waals surface area contributed by atoms with Crippen molar-refractivity contribution in [2.45, 2.75) is 33.2 Å². The predicted molar refractivity (Wildman–Crippen MR) is 71.3 cm³/mol. The first kappa shape index (κ1) is 15.0. The molecule has 1 rings (SSSR count). The van der Waals surface area contributed by atoms with Crippen molar-refractivity contribution in [2.24, 2.45) is 0 Å². The molecule has 0 aliphatic rings. The minimum absolute atomic E-state index is 0.0823. The molecule has 0 bridgehead atoms. The Bertz CT molecular complexity index is 482. The smallest absolute Gasteiger partial charge is 0.305 e. The van der Waals surface area contributed by atoms with Crippen molar-refractivity contribution < 1.29 is 19.8 Å². The first-order valence-electron chi connectivity index (χ1n) is 6.15. The third-order valence-corrected chi connectivity index (χ3v) is 2.89. The summed E-state index contributed by atoms with van der Waals surface area (Å²) in [5, 5.41) is 18.1. The number of aryl methyl sites for hydroxylation is 1. The molecule has 0 heterocycles. The van der Waals surface area contributed by atoms with Gasteiger partial charge in [0.25, 0.3) is 5.91 Å². The molecule has 0 fully saturated rings. The molecule has 0 saturated heterocycles. The lowest BCUT2D eigenvalue weighted by Crippen LogP contribution is -2.38. The second-order valence-corrected chi connectivity index (χ2v) is 4.74. The summed E-state index contributed by atoms with van der Waals surface area (Å²) in [5.74, 6) is -1.04. The van der Waals surface area contributed by atoms with Gasteiger partial charge >= 0.3 is 5.97 Å². The molecule has 0 unspecified atom stereocenters. The first-order valence-corrected chi connectivity index (χ1v) is 6.15. The maximum Gasteiger partial charge on any atom is 0.305 e. The van der Waals surface area contributed by atoms with E-state index in [9.17, 15) is 14.7 Å². The van der Waals surface area contributed by atoms with E-state index in [1.165, 1.54) is 17.0 Å². The van der Waals surface area contributed by atoms with Crippen LogP contribution in [0.1, 0.15) is 36.2 Å². The van der Waals surface area contributed by atoms with Crippen LogP contribution < -0.4 is 0 Å². The van der Waals surface area contributed by atoms with E-state index in [2.05, 4.69) is 0 Å². The van der Waals surface area contributed by atoms with Gasteiger partial charge in [0.2, 0.25) is 0 Å². The molecular weight excluding hydrogens is 246 g/mol. The summed E-state index contributed by atoms with van der Waals surface area (Å²) in [5.41, 5.74) is 1.16. The molecule has 1 amide bonds. The minimum Gasteiger partial charge on any atom is -0.508 e. The van der Waals surface area contributed by atoms with E-state index in [4.69, 9.17) is 5.11 Å². The predicted octanol–water partition coefficient (Wildman–Crippen LogP) is 2.03. The van der Waals surface area contributed by atoms with E-state index >= 15 is 0 Å². The highest BCUT2D eigenvalue weighted by molar-refractivity contribution is 5.96. The van der Waals surface area contributed by atoms with Crippen LogP contribution in [0.3, 0.4) is 0 Å². The molecule has 0 atom stereocenters. The summed E-state index contributed by atoms with van der Waals surface area (Å²) in [6, 6.07) is 4.45. The number of phenols is 1. The van der Waals surface area contributed by atoms with Gasteiger partial charge in [-0.15, -0.1) is 0 Å². The van der Waals surface area contributed by atoms with Gasteiger partial charge in [-0.05, 0) is 44.5 Å². The third kappa shape index (κ3) is 3.98. The van der Waals surface area contributed by atoms with Gasteiger partial charge in [-0.1, -0.05) is 0 Å². The summed E-state index contributed by atoms with van der Waals surface area (Å²) in [7, 11) is 0. The maximum absolute atomic E-state index is 12.4. The monoisotopic (exact) mass is 265 g/mol. The highest BCUT2D eigenvalue weighted by Crippen LogP contribution is 2.18. The van der Waals surface area contributed by atoms with E-state index in [-0.39, 0.29) is 30.7 Å². The summed E-state index contributed by atoms with van der Waals surface area (Å²) >= 11 is 0. The largest absolute Gasteiger partial charge is 0.508 e. The Morgan fingerprint density at radius 2 is 1.95 bits per heavy atom. The van der Waals surface area contributed by atoms with Crippen LogP contribution in [-0.4, -0.2) is 39.6 Å². The van der Waals surface area contributed by atoms with Crippen LogP contribution >= 0.6 is 0 Å². The highest BCUT2D eigenvalue weighted by Gasteiger charge is 2.21. The van der Waals surface area contributed by atoms with Gasteiger partial charge in [-0.3, -0.25) is 9.59 Å². The molecule has 0 saturated carbocycles. The van der Waals surface area contributed by atoms with Gasteiger partial charge < -0.3 is 15.1 Å². The third-order valence-electron chi connectivity index (χ3n) is 2.89. The summed E-state index contributed by atoms with van der Waals surface area (Å²) in [6.45, 7) is 5.60. The number of hydrogen-bond acceptors (Lipinski definition) is 3. The molecule has 104 valence electrons. The Morgan fingerprint density at radius 3 is 2.42 bits per heavy atom. The Kier molecular flexibility index (Phi) is 4.92. The number of hydrogen-bond donors (Lipinski definition) is 2. The topological polar surface area (TPSA) is 77.8 Å². The number of rotatable bonds is 5. The van der Waals surface area contributed by atoms with Crippen LogP contribution in [0.5, 0.6) is 5.75 Å². The lowest BCUT2D eigenvalue weighted by molar-refractivity contribution is -0.137. The van der Waals surface area contributed by atoms with Crippen LogP contribution in [0.25, 0.3) is 0 Å². The van der Waals surface area contributed by atoms with Crippen molar-refractivity contribution >= 4 is 11.9 Å². The van der Waals surface area contributed by atoms with Crippen molar-refractivity contribution in [1.82, 2.24) is 4.90 Å². The van der Waals surface area contributed by atoms with E-state index < -0.39 is 5.97 Å². The number of carbonyl (C=O) groups is 2. The molecule has 1 aromatic carbocycles. The Morgan fingerprint density at radius 1 is 1.32 bits per heavy atom. The Hall–Kier alpha value is -2.04. The van der Waals surface area contributed by atoms with Crippen LogP contribution in [0.15, 0.2) is 18.2 Å². The van der Waals surface area contributed by atoms with E-state index in [0.717, 1.165) is 0 Å². The van der Waals surface area contributed by atoms with Gasteiger partial charge in [-0.2, -0.15) is 0 Å². The normalized spacial score (nSPS) is 10.5. The van der Waals surface area contributed by atoms with Crippen LogP contribution in [0.4, 0.5) is 0 Å². The van der Waals surface area contributed by atoms with Crippen molar-refractivity contribution in [2.75, 3.05) is 6.54 Å². The van der Waals surface area contributed by atoms with Crippen molar-refractivity contribution in [3.05, 3.63) is 29.3 Å². The summed E-state index contributed by atoms with van der Waals surface area (Å²) < 4.78 is 0. The number of carboxylic acids is 1. The quantitative estimate of drug-likeness (QED) is 0.853. The molecule has 2 N–H and O–H groups in total. The minimum atomic E-state index is -0.930. The molecule has 1 aromatic rings. The fourth-order valence-corrected chi connectivity index (χ4v) is 1.85. The van der Waals surface area contributed by atoms with E-state index in [1.54, 1.807) is 13.0 Å². The van der Waals surface area contributed by atoms with Crippen molar-refractivity contribution in [3.63, 3.8) is 0 Å². The average molecular weight is 265 g/mol. The molecular formula is C14H19NO4. The van der Waals surface area contributed by atoms with Crippen LogP contribution in [0, 0.1) is 6.92 Å². The zero-order valence-corrected chi connectivity index (χ0v) is 11.4. The number of aromatic hydroxyl groups is 1. The molecule has 0 radical (unpaired) electrons. The summed E-state index contributed by atoms with van der Waals surface area (Å²) in [4.78, 5) is 24.5. The van der Waals surface area contributed by atoms with Crippen LogP contribution in [0.2, 0.25) is 0 Å². The fourth-order valence-electron chi connectivity index (χ4n) is 1.85. The first-order chi connectivity index (χ1) is 8.82. The molecule has 0 spiro atoms. The number of amides is 1. The second kappa shape index (κ2) is 6.22. The van der Waals surface area contributed by atoms with Gasteiger partial charge in [-0.25, -0.2) is 0 Å². The summed E-state index contributed by atoms with van der Waals surface area (Å²) in [6.07, 6.45) is -0.0823. The molecule has 0 aromatic heterocycles. The molecule has 0 aliphatic heterocycles. The number of carboxylic acid groups (broad SMARTS) is 1. The van der Waals surface area contributed by atoms with Crippen molar-refractivity contribution in [1.29, 1.82) is 0 Å². The SMILES string of the molecule is Cc1cc(O)ccc1C(=O)N(CCC(=O)O)C(C)C. The highest BCUT2D eigenvalue weighted by atomic mass is 16.4. The number of phenolic OH excluding ortho intramolecular Hbond substituents is 1. The Labute approximate surface area is 112 Å². The van der Waals surface area contributed by atoms with Gasteiger partial charge in [0.05, 0.1) is 6.42 Å². The van der Waals surface area contributed by atoms with Gasteiger partial charge in [0.1, 0.15) is 5.75 Å². The van der Waals surface area contributed by atoms with Gasteiger partial charge in [0, 0.05) is 18.2 Å². The Balaban J connectivity index is 2.95. The van der Waals surface area contributed by atoms with E-state index in [1.807, 2.05) is 13.8 Å². The molecule has 0 aliphatic carbocycles. The number of carbonyl (C=O) groups excluding carboxylic acids is 1. The zero-order valence-electron chi connectivity index (χ0n) is 11.4. The zero-order chi connectivity index (χ0) is 14.6. The lowest BCUT2D eigenvalue weighted by atomic mass is 10.1. The van der Waals surface area contributed by atoms with Gasteiger partial charge in [0.15, 0.2) is 0 Å². The number of nitrogens with zero attached hydrogens (tertiary/aromatic N) is 1.